The highest BCUT2D eigenvalue weighted by molar-refractivity contribution is 7.89. The van der Waals surface area contributed by atoms with Crippen molar-refractivity contribution in [3.63, 3.8) is 0 Å². The molecule has 1 N–H and O–H groups in total. The minimum absolute atomic E-state index is 0.00856. The highest BCUT2D eigenvalue weighted by Crippen LogP contribution is 2.27. The summed E-state index contributed by atoms with van der Waals surface area (Å²) >= 11 is 7.61. The normalized spacial score (nSPS) is 12.8. The number of nitrogens with zero attached hydrogens (tertiary/aromatic N) is 1. The molecular weight excluding hydrogens is 448 g/mol. The van der Waals surface area contributed by atoms with Crippen molar-refractivity contribution in [3.05, 3.63) is 51.7 Å². The number of hydrogen-bond acceptors (Lipinski definition) is 6. The Balaban J connectivity index is 2.09. The van der Waals surface area contributed by atoms with Gasteiger partial charge in [0.15, 0.2) is 6.10 Å². The lowest BCUT2D eigenvalue weighted by molar-refractivity contribution is -0.148. The Bertz CT molecular complexity index is 1020. The molecule has 2 aromatic rings. The van der Waals surface area contributed by atoms with Crippen molar-refractivity contribution in [2.75, 3.05) is 18.4 Å². The van der Waals surface area contributed by atoms with Gasteiger partial charge in [0.25, 0.3) is 5.91 Å². The van der Waals surface area contributed by atoms with Crippen molar-refractivity contribution >= 4 is 56.6 Å². The summed E-state index contributed by atoms with van der Waals surface area (Å²) in [6.45, 7) is 5.52. The quantitative estimate of drug-likeness (QED) is 0.441. The van der Waals surface area contributed by atoms with Crippen molar-refractivity contribution in [1.82, 2.24) is 4.31 Å². The SMILES string of the molecule is CCN(CC)S(=O)(=O)c1ccc(Cl)c(NC(=O)C(C)OC(=O)/C=C/c2ccsc2)c1. The van der Waals surface area contributed by atoms with E-state index in [-0.39, 0.29) is 15.6 Å². The lowest BCUT2D eigenvalue weighted by Crippen LogP contribution is -2.31. The minimum Gasteiger partial charge on any atom is -0.449 e. The van der Waals surface area contributed by atoms with Crippen LogP contribution in [0.5, 0.6) is 0 Å². The van der Waals surface area contributed by atoms with Gasteiger partial charge in [-0.2, -0.15) is 15.6 Å². The Labute approximate surface area is 185 Å². The van der Waals surface area contributed by atoms with Crippen molar-refractivity contribution in [2.24, 2.45) is 0 Å². The van der Waals surface area contributed by atoms with Crippen LogP contribution in [0.25, 0.3) is 6.08 Å². The van der Waals surface area contributed by atoms with Crippen molar-refractivity contribution in [1.29, 1.82) is 0 Å². The number of ether oxygens (including phenoxy) is 1. The summed E-state index contributed by atoms with van der Waals surface area (Å²) in [5.41, 5.74) is 0.971. The number of esters is 1. The molecule has 0 radical (unpaired) electrons. The molecular formula is C20H23ClN2O5S2. The number of nitrogens with one attached hydrogen (secondary N) is 1. The van der Waals surface area contributed by atoms with Crippen LogP contribution in [0.3, 0.4) is 0 Å². The lowest BCUT2D eigenvalue weighted by atomic mass is 10.3. The Morgan fingerprint density at radius 1 is 1.27 bits per heavy atom. The van der Waals surface area contributed by atoms with E-state index in [0.717, 1.165) is 5.56 Å². The van der Waals surface area contributed by atoms with E-state index in [1.807, 2.05) is 16.8 Å². The lowest BCUT2D eigenvalue weighted by Gasteiger charge is -2.19. The zero-order chi connectivity index (χ0) is 22.3. The molecule has 7 nitrogen and oxygen atoms in total. The van der Waals surface area contributed by atoms with Gasteiger partial charge < -0.3 is 10.1 Å². The van der Waals surface area contributed by atoms with Crippen molar-refractivity contribution < 1.29 is 22.7 Å². The monoisotopic (exact) mass is 470 g/mol. The predicted molar refractivity (Wildman–Crippen MR) is 119 cm³/mol. The van der Waals surface area contributed by atoms with E-state index in [2.05, 4.69) is 5.32 Å². The third kappa shape index (κ3) is 6.15. The number of hydrogen-bond donors (Lipinski definition) is 1. The molecule has 1 aromatic carbocycles. The largest absolute Gasteiger partial charge is 0.449 e. The second kappa shape index (κ2) is 10.7. The number of anilines is 1. The van der Waals surface area contributed by atoms with E-state index in [1.165, 1.54) is 46.8 Å². The molecule has 0 bridgehead atoms. The molecule has 162 valence electrons. The van der Waals surface area contributed by atoms with Gasteiger partial charge in [0, 0.05) is 19.2 Å². The Kier molecular flexibility index (Phi) is 8.60. The fraction of sp³-hybridized carbons (Fsp3) is 0.300. The van der Waals surface area contributed by atoms with Gasteiger partial charge in [-0.3, -0.25) is 4.79 Å². The molecule has 0 aliphatic heterocycles. The molecule has 0 fully saturated rings. The van der Waals surface area contributed by atoms with Gasteiger partial charge in [-0.25, -0.2) is 13.2 Å². The first kappa shape index (κ1) is 24.1. The first-order chi connectivity index (χ1) is 14.2. The van der Waals surface area contributed by atoms with Crippen LogP contribution in [0.2, 0.25) is 5.02 Å². The third-order valence-electron chi connectivity index (χ3n) is 4.16. The van der Waals surface area contributed by atoms with Gasteiger partial charge in [0.1, 0.15) is 0 Å². The fourth-order valence-electron chi connectivity index (χ4n) is 2.51. The molecule has 1 amide bonds. The Morgan fingerprint density at radius 2 is 1.97 bits per heavy atom. The summed E-state index contributed by atoms with van der Waals surface area (Å²) in [7, 11) is -3.71. The number of thiophene rings is 1. The number of halogens is 1. The number of sulfonamides is 1. The van der Waals surface area contributed by atoms with Crippen LogP contribution in [0.1, 0.15) is 26.3 Å². The maximum atomic E-state index is 12.7. The molecule has 30 heavy (non-hydrogen) atoms. The Hall–Kier alpha value is -2.20. The maximum absolute atomic E-state index is 12.7. The average Bonchev–Trinajstić information content (AvgIpc) is 3.22. The molecule has 0 aliphatic rings. The first-order valence-corrected chi connectivity index (χ1v) is 12.0. The van der Waals surface area contributed by atoms with Gasteiger partial charge >= 0.3 is 5.97 Å². The van der Waals surface area contributed by atoms with E-state index < -0.39 is 28.0 Å². The molecule has 1 atom stereocenters. The van der Waals surface area contributed by atoms with Crippen molar-refractivity contribution in [2.45, 2.75) is 31.8 Å². The van der Waals surface area contributed by atoms with Crippen LogP contribution in [-0.2, 0) is 24.3 Å². The molecule has 0 saturated carbocycles. The molecule has 1 heterocycles. The molecule has 0 saturated heterocycles. The highest BCUT2D eigenvalue weighted by atomic mass is 35.5. The van der Waals surface area contributed by atoms with Crippen molar-refractivity contribution in [3.8, 4) is 0 Å². The third-order valence-corrected chi connectivity index (χ3v) is 7.23. The fourth-order valence-corrected chi connectivity index (χ4v) is 4.79. The number of rotatable bonds is 9. The van der Waals surface area contributed by atoms with Gasteiger partial charge in [0.05, 0.1) is 15.6 Å². The average molecular weight is 471 g/mol. The van der Waals surface area contributed by atoms with Crippen LogP contribution < -0.4 is 5.32 Å². The summed E-state index contributed by atoms with van der Waals surface area (Å²) in [5, 5.41) is 6.42. The van der Waals surface area contributed by atoms with Crippen LogP contribution in [0.4, 0.5) is 5.69 Å². The minimum atomic E-state index is -3.71. The maximum Gasteiger partial charge on any atom is 0.331 e. The molecule has 0 spiro atoms. The van der Waals surface area contributed by atoms with E-state index in [4.69, 9.17) is 16.3 Å². The number of carbonyl (C=O) groups is 2. The molecule has 10 heteroatoms. The second-order valence-electron chi connectivity index (χ2n) is 6.19. The summed E-state index contributed by atoms with van der Waals surface area (Å²) in [6.07, 6.45) is 1.71. The highest BCUT2D eigenvalue weighted by Gasteiger charge is 2.24. The topological polar surface area (TPSA) is 92.8 Å². The van der Waals surface area contributed by atoms with Gasteiger partial charge in [-0.1, -0.05) is 25.4 Å². The zero-order valence-electron chi connectivity index (χ0n) is 16.8. The second-order valence-corrected chi connectivity index (χ2v) is 9.31. The zero-order valence-corrected chi connectivity index (χ0v) is 19.2. The summed E-state index contributed by atoms with van der Waals surface area (Å²) in [5.74, 6) is -1.31. The number of amides is 1. The smallest absolute Gasteiger partial charge is 0.331 e. The number of benzene rings is 1. The van der Waals surface area contributed by atoms with E-state index in [9.17, 15) is 18.0 Å². The first-order valence-electron chi connectivity index (χ1n) is 9.20. The standard InChI is InChI=1S/C20H23ClN2O5S2/c1-4-23(5-2)30(26,27)16-7-8-17(21)18(12-16)22-20(25)14(3)28-19(24)9-6-15-10-11-29-13-15/h6-14H,4-5H2,1-3H3,(H,22,25)/b9-6+. The summed E-state index contributed by atoms with van der Waals surface area (Å²) in [6, 6.07) is 5.91. The summed E-state index contributed by atoms with van der Waals surface area (Å²) in [4.78, 5) is 24.3. The molecule has 1 aromatic heterocycles. The van der Waals surface area contributed by atoms with E-state index in [0.29, 0.717) is 13.1 Å². The van der Waals surface area contributed by atoms with Crippen LogP contribution in [0, 0.1) is 0 Å². The van der Waals surface area contributed by atoms with E-state index >= 15 is 0 Å². The van der Waals surface area contributed by atoms with Gasteiger partial charge in [0.2, 0.25) is 10.0 Å². The molecule has 0 aliphatic carbocycles. The number of carbonyl (C=O) groups excluding carboxylic acids is 2. The van der Waals surface area contributed by atoms with E-state index in [1.54, 1.807) is 19.9 Å². The Morgan fingerprint density at radius 3 is 2.57 bits per heavy atom. The van der Waals surface area contributed by atoms with Gasteiger partial charge in [-0.15, -0.1) is 0 Å². The van der Waals surface area contributed by atoms with Crippen LogP contribution in [-0.4, -0.2) is 43.8 Å². The van der Waals surface area contributed by atoms with Gasteiger partial charge in [-0.05, 0) is 53.6 Å². The molecule has 2 rings (SSSR count). The summed E-state index contributed by atoms with van der Waals surface area (Å²) < 4.78 is 31.8. The van der Waals surface area contributed by atoms with Crippen LogP contribution >= 0.6 is 22.9 Å². The predicted octanol–water partition coefficient (Wildman–Crippen LogP) is 4.02. The molecule has 1 unspecified atom stereocenters. The van der Waals surface area contributed by atoms with Crippen LogP contribution in [0.15, 0.2) is 46.0 Å².